The molecule has 1 aliphatic rings. The fraction of sp³-hybridized carbons (Fsp3) is 0.263. The van der Waals surface area contributed by atoms with Crippen molar-refractivity contribution in [3.63, 3.8) is 0 Å². The molecule has 0 atom stereocenters. The van der Waals surface area contributed by atoms with Gasteiger partial charge in [-0.3, -0.25) is 5.43 Å². The van der Waals surface area contributed by atoms with E-state index in [2.05, 4.69) is 20.6 Å². The van der Waals surface area contributed by atoms with E-state index < -0.39 is 0 Å². The van der Waals surface area contributed by atoms with Crippen LogP contribution in [0.2, 0.25) is 0 Å². The van der Waals surface area contributed by atoms with Crippen molar-refractivity contribution in [2.45, 2.75) is 20.8 Å². The van der Waals surface area contributed by atoms with E-state index in [1.54, 1.807) is 13.1 Å². The monoisotopic (exact) mass is 383 g/mol. The number of benzene rings is 1. The summed E-state index contributed by atoms with van der Waals surface area (Å²) in [7, 11) is 0. The number of aromatic nitrogens is 2. The second-order valence-corrected chi connectivity index (χ2v) is 6.76. The molecule has 1 aromatic carbocycles. The van der Waals surface area contributed by atoms with Gasteiger partial charge in [-0.1, -0.05) is 30.0 Å². The third-order valence-electron chi connectivity index (χ3n) is 3.89. The molecule has 0 amide bonds. The Morgan fingerprint density at radius 3 is 2.93 bits per heavy atom. The molecule has 1 N–H and O–H groups in total. The fourth-order valence-electron chi connectivity index (χ4n) is 2.57. The van der Waals surface area contributed by atoms with Crippen LogP contribution in [0.25, 0.3) is 5.69 Å². The van der Waals surface area contributed by atoms with Crippen LogP contribution in [0.1, 0.15) is 25.1 Å². The zero-order valence-corrected chi connectivity index (χ0v) is 16.3. The summed E-state index contributed by atoms with van der Waals surface area (Å²) in [6.07, 6.45) is 3.22. The number of esters is 1. The van der Waals surface area contributed by atoms with Crippen molar-refractivity contribution < 1.29 is 9.53 Å². The zero-order chi connectivity index (χ0) is 19.2. The van der Waals surface area contributed by atoms with Gasteiger partial charge in [-0.2, -0.15) is 10.2 Å². The van der Waals surface area contributed by atoms with E-state index in [1.165, 1.54) is 17.8 Å². The van der Waals surface area contributed by atoms with Crippen LogP contribution in [0.5, 0.6) is 0 Å². The summed E-state index contributed by atoms with van der Waals surface area (Å²) in [5, 5.41) is 9.52. The third kappa shape index (κ3) is 4.65. The van der Waals surface area contributed by atoms with Gasteiger partial charge in [0.2, 0.25) is 0 Å². The summed E-state index contributed by atoms with van der Waals surface area (Å²) < 4.78 is 6.78. The Morgan fingerprint density at radius 2 is 2.19 bits per heavy atom. The molecule has 0 saturated carbocycles. The maximum absolute atomic E-state index is 11.5. The predicted octanol–water partition coefficient (Wildman–Crippen LogP) is 3.04. The number of para-hydroxylation sites is 1. The average Bonchev–Trinajstić information content (AvgIpc) is 3.27. The molecule has 1 aromatic heterocycles. The number of hydrazone groups is 1. The zero-order valence-electron chi connectivity index (χ0n) is 15.5. The largest absolute Gasteiger partial charge is 0.463 e. The molecule has 0 aliphatic carbocycles. The van der Waals surface area contributed by atoms with Gasteiger partial charge in [0.25, 0.3) is 0 Å². The van der Waals surface area contributed by atoms with Crippen molar-refractivity contribution in [3.8, 4) is 5.69 Å². The van der Waals surface area contributed by atoms with Gasteiger partial charge in [0.1, 0.15) is 0 Å². The van der Waals surface area contributed by atoms with E-state index in [0.717, 1.165) is 22.7 Å². The first-order valence-corrected chi connectivity index (χ1v) is 9.56. The Hall–Kier alpha value is -2.87. The van der Waals surface area contributed by atoms with Crippen molar-refractivity contribution in [2.75, 3.05) is 12.4 Å². The normalized spacial score (nSPS) is 15.7. The highest BCUT2D eigenvalue weighted by Crippen LogP contribution is 2.20. The molecule has 0 fully saturated rings. The summed E-state index contributed by atoms with van der Waals surface area (Å²) in [5.41, 5.74) is 7.41. The first-order valence-electron chi connectivity index (χ1n) is 8.58. The van der Waals surface area contributed by atoms with Crippen LogP contribution in [0.3, 0.4) is 0 Å². The highest BCUT2D eigenvalue weighted by atomic mass is 32.2. The average molecular weight is 383 g/mol. The summed E-state index contributed by atoms with van der Waals surface area (Å²) >= 11 is 1.49. The molecule has 0 saturated heterocycles. The van der Waals surface area contributed by atoms with Crippen molar-refractivity contribution in [2.24, 2.45) is 10.1 Å². The standard InChI is InChI=1S/C19H21N5O2S/c1-4-26-18(25)10-15-12-27-19(21-15)23-22-13(2)17-11-20-24(14(17)3)16-8-6-5-7-9-16/h5-11H,4,12H2,1-3H3,(H,21,23)/b15-10-,22-13+. The lowest BCUT2D eigenvalue weighted by atomic mass is 10.2. The number of rotatable bonds is 5. The number of amidine groups is 1. The SMILES string of the molecule is CCOC(=O)/C=C1/CSC(N/N=C(\C)c2cnn(-c3ccccc3)c2C)=N1. The molecule has 0 unspecified atom stereocenters. The highest BCUT2D eigenvalue weighted by Gasteiger charge is 2.15. The number of aliphatic imine (C=N–C) groups is 1. The number of carbonyl (C=O) groups is 1. The van der Waals surface area contributed by atoms with Gasteiger partial charge in [-0.15, -0.1) is 0 Å². The number of ether oxygens (including phenoxy) is 1. The first kappa shape index (κ1) is 18.9. The summed E-state index contributed by atoms with van der Waals surface area (Å²) in [5.74, 6) is 0.238. The Morgan fingerprint density at radius 1 is 1.41 bits per heavy atom. The summed E-state index contributed by atoms with van der Waals surface area (Å²) in [6, 6.07) is 9.96. The molecular formula is C19H21N5O2S. The van der Waals surface area contributed by atoms with Gasteiger partial charge >= 0.3 is 5.97 Å². The minimum Gasteiger partial charge on any atom is -0.463 e. The number of hydrogen-bond acceptors (Lipinski definition) is 7. The molecule has 27 heavy (non-hydrogen) atoms. The van der Waals surface area contributed by atoms with Crippen LogP contribution in [-0.2, 0) is 9.53 Å². The van der Waals surface area contributed by atoms with Crippen molar-refractivity contribution in [1.29, 1.82) is 0 Å². The Kier molecular flexibility index (Phi) is 6.08. The molecule has 0 radical (unpaired) electrons. The quantitative estimate of drug-likeness (QED) is 0.371. The molecule has 2 heterocycles. The molecule has 0 spiro atoms. The van der Waals surface area contributed by atoms with Crippen molar-refractivity contribution in [1.82, 2.24) is 15.2 Å². The first-order chi connectivity index (χ1) is 13.1. The van der Waals surface area contributed by atoms with Crippen molar-refractivity contribution >= 4 is 28.6 Å². The molecule has 0 bridgehead atoms. The molecule has 8 heteroatoms. The van der Waals surface area contributed by atoms with E-state index in [-0.39, 0.29) is 5.97 Å². The molecule has 140 valence electrons. The predicted molar refractivity (Wildman–Crippen MR) is 108 cm³/mol. The van der Waals surface area contributed by atoms with E-state index in [4.69, 9.17) is 4.74 Å². The van der Waals surface area contributed by atoms with Gasteiger partial charge in [-0.25, -0.2) is 14.5 Å². The molecule has 2 aromatic rings. The smallest absolute Gasteiger partial charge is 0.332 e. The van der Waals surface area contributed by atoms with Gasteiger partial charge in [-0.05, 0) is 32.9 Å². The Balaban J connectivity index is 1.70. The van der Waals surface area contributed by atoms with Crippen LogP contribution in [0, 0.1) is 6.92 Å². The van der Waals surface area contributed by atoms with Gasteiger partial charge < -0.3 is 4.74 Å². The van der Waals surface area contributed by atoms with Crippen LogP contribution >= 0.6 is 11.8 Å². The topological polar surface area (TPSA) is 80.9 Å². The fourth-order valence-corrected chi connectivity index (χ4v) is 3.30. The minimum absolute atomic E-state index is 0.351. The molecule has 1 aliphatic heterocycles. The van der Waals surface area contributed by atoms with Gasteiger partial charge in [0.15, 0.2) is 5.17 Å². The Bertz CT molecular complexity index is 915. The number of nitrogens with one attached hydrogen (secondary N) is 1. The van der Waals surface area contributed by atoms with Gasteiger partial charge in [0, 0.05) is 17.4 Å². The van der Waals surface area contributed by atoms with E-state index in [1.807, 2.05) is 48.9 Å². The third-order valence-corrected chi connectivity index (χ3v) is 4.79. The van der Waals surface area contributed by atoms with Crippen LogP contribution < -0.4 is 5.43 Å². The summed E-state index contributed by atoms with van der Waals surface area (Å²) in [4.78, 5) is 15.8. The van der Waals surface area contributed by atoms with E-state index in [0.29, 0.717) is 23.2 Å². The molecular weight excluding hydrogens is 362 g/mol. The van der Waals surface area contributed by atoms with Crippen LogP contribution in [-0.4, -0.2) is 39.0 Å². The molecule has 3 rings (SSSR count). The lowest BCUT2D eigenvalue weighted by Gasteiger charge is -2.05. The summed E-state index contributed by atoms with van der Waals surface area (Å²) in [6.45, 7) is 6.05. The van der Waals surface area contributed by atoms with Crippen LogP contribution in [0.4, 0.5) is 0 Å². The maximum Gasteiger partial charge on any atom is 0.332 e. The van der Waals surface area contributed by atoms with Crippen molar-refractivity contribution in [3.05, 3.63) is 59.6 Å². The minimum atomic E-state index is -0.373. The highest BCUT2D eigenvalue weighted by molar-refractivity contribution is 8.14. The number of carbonyl (C=O) groups excluding carboxylic acids is 1. The van der Waals surface area contributed by atoms with E-state index >= 15 is 0 Å². The number of thioether (sulfide) groups is 1. The lowest BCUT2D eigenvalue weighted by molar-refractivity contribution is -0.137. The van der Waals surface area contributed by atoms with Gasteiger partial charge in [0.05, 0.1) is 35.6 Å². The lowest BCUT2D eigenvalue weighted by Crippen LogP contribution is -2.14. The number of hydrogen-bond donors (Lipinski definition) is 1. The second kappa shape index (κ2) is 8.68. The maximum atomic E-state index is 11.5. The number of nitrogens with zero attached hydrogens (tertiary/aromatic N) is 4. The molecule has 7 nitrogen and oxygen atoms in total. The Labute approximate surface area is 162 Å². The second-order valence-electron chi connectivity index (χ2n) is 5.79. The van der Waals surface area contributed by atoms with Crippen LogP contribution in [0.15, 0.2) is 58.4 Å². The van der Waals surface area contributed by atoms with E-state index in [9.17, 15) is 4.79 Å².